The third-order valence-electron chi connectivity index (χ3n) is 3.90. The molecule has 1 N–H and O–H groups in total. The second-order valence-electron chi connectivity index (χ2n) is 5.34. The molecule has 2 unspecified atom stereocenters. The zero-order valence-corrected chi connectivity index (χ0v) is 12.2. The molecule has 110 valence electrons. The molecule has 1 amide bonds. The summed E-state index contributed by atoms with van der Waals surface area (Å²) in [5.74, 6) is -1.66. The molecule has 2 aromatic rings. The van der Waals surface area contributed by atoms with Crippen molar-refractivity contribution in [2.24, 2.45) is 5.92 Å². The van der Waals surface area contributed by atoms with Crippen molar-refractivity contribution in [3.8, 4) is 0 Å². The normalized spacial score (nSPS) is 21.9. The minimum atomic E-state index is -0.972. The van der Waals surface area contributed by atoms with Crippen LogP contribution >= 0.6 is 11.3 Å². The molecule has 0 radical (unpaired) electrons. The Morgan fingerprint density at radius 1 is 1.38 bits per heavy atom. The van der Waals surface area contributed by atoms with Crippen LogP contribution in [0.5, 0.6) is 0 Å². The Kier molecular flexibility index (Phi) is 3.41. The van der Waals surface area contributed by atoms with E-state index >= 15 is 0 Å². The maximum absolute atomic E-state index is 13.2. The van der Waals surface area contributed by atoms with E-state index < -0.39 is 12.0 Å². The number of carbonyl (C=O) groups excluding carboxylic acids is 1. The van der Waals surface area contributed by atoms with Crippen molar-refractivity contribution in [1.29, 1.82) is 0 Å². The second-order valence-corrected chi connectivity index (χ2v) is 6.42. The van der Waals surface area contributed by atoms with E-state index in [0.717, 1.165) is 4.70 Å². The van der Waals surface area contributed by atoms with Crippen LogP contribution in [0.15, 0.2) is 24.3 Å². The van der Waals surface area contributed by atoms with Gasteiger partial charge in [-0.15, -0.1) is 11.3 Å². The van der Waals surface area contributed by atoms with Crippen LogP contribution in [-0.2, 0) is 4.79 Å². The highest BCUT2D eigenvalue weighted by Gasteiger charge is 2.40. The van der Waals surface area contributed by atoms with Gasteiger partial charge in [0.1, 0.15) is 11.9 Å². The Balaban J connectivity index is 1.94. The molecule has 6 heteroatoms. The molecule has 2 atom stereocenters. The number of benzene rings is 1. The molecule has 1 fully saturated rings. The lowest BCUT2D eigenvalue weighted by molar-refractivity contribution is -0.142. The molecule has 4 nitrogen and oxygen atoms in total. The van der Waals surface area contributed by atoms with Gasteiger partial charge in [0.2, 0.25) is 0 Å². The maximum Gasteiger partial charge on any atom is 0.326 e. The van der Waals surface area contributed by atoms with Gasteiger partial charge in [0.05, 0.1) is 4.88 Å². The van der Waals surface area contributed by atoms with Crippen molar-refractivity contribution >= 4 is 33.3 Å². The average Bonchev–Trinajstić information content (AvgIpc) is 3.00. The Morgan fingerprint density at radius 2 is 2.14 bits per heavy atom. The van der Waals surface area contributed by atoms with Crippen LogP contribution in [0.1, 0.15) is 23.0 Å². The van der Waals surface area contributed by atoms with E-state index in [1.165, 1.54) is 28.4 Å². The van der Waals surface area contributed by atoms with E-state index in [-0.39, 0.29) is 17.6 Å². The molecule has 3 rings (SSSR count). The highest BCUT2D eigenvalue weighted by atomic mass is 32.1. The molecule has 1 saturated heterocycles. The SMILES string of the molecule is CC1CCN(C(=O)c2cc3cc(F)ccc3s2)C1C(=O)O. The van der Waals surface area contributed by atoms with Gasteiger partial charge in [-0.25, -0.2) is 9.18 Å². The number of hydrogen-bond donors (Lipinski definition) is 1. The van der Waals surface area contributed by atoms with Crippen LogP contribution in [0.3, 0.4) is 0 Å². The van der Waals surface area contributed by atoms with Crippen molar-refractivity contribution < 1.29 is 19.1 Å². The number of carboxylic acid groups (broad SMARTS) is 1. The number of halogens is 1. The van der Waals surface area contributed by atoms with E-state index in [0.29, 0.717) is 23.2 Å². The third-order valence-corrected chi connectivity index (χ3v) is 5.01. The summed E-state index contributed by atoms with van der Waals surface area (Å²) < 4.78 is 14.0. The number of carbonyl (C=O) groups is 2. The lowest BCUT2D eigenvalue weighted by Gasteiger charge is -2.22. The number of thiophene rings is 1. The second kappa shape index (κ2) is 5.11. The fourth-order valence-electron chi connectivity index (χ4n) is 2.81. The first-order valence-corrected chi connectivity index (χ1v) is 7.52. The number of likely N-dealkylation sites (tertiary alicyclic amines) is 1. The fourth-order valence-corrected chi connectivity index (χ4v) is 3.81. The summed E-state index contributed by atoms with van der Waals surface area (Å²) >= 11 is 1.27. The van der Waals surface area contributed by atoms with Crippen LogP contribution in [0.25, 0.3) is 10.1 Å². The third kappa shape index (κ3) is 2.40. The van der Waals surface area contributed by atoms with Gasteiger partial charge in [-0.1, -0.05) is 6.92 Å². The summed E-state index contributed by atoms with van der Waals surface area (Å²) in [7, 11) is 0. The van der Waals surface area contributed by atoms with Crippen LogP contribution in [0, 0.1) is 11.7 Å². The predicted octanol–water partition coefficient (Wildman–Crippen LogP) is 2.98. The molecular weight excluding hydrogens is 293 g/mol. The van der Waals surface area contributed by atoms with Gasteiger partial charge in [-0.3, -0.25) is 4.79 Å². The lowest BCUT2D eigenvalue weighted by Crippen LogP contribution is -2.42. The quantitative estimate of drug-likeness (QED) is 0.928. The first-order valence-electron chi connectivity index (χ1n) is 6.70. The molecule has 1 aromatic carbocycles. The molecule has 0 bridgehead atoms. The summed E-state index contributed by atoms with van der Waals surface area (Å²) in [6.45, 7) is 2.28. The van der Waals surface area contributed by atoms with Crippen molar-refractivity contribution in [1.82, 2.24) is 4.90 Å². The zero-order chi connectivity index (χ0) is 15.1. The summed E-state index contributed by atoms with van der Waals surface area (Å²) in [4.78, 5) is 25.7. The molecule has 0 spiro atoms. The van der Waals surface area contributed by atoms with Gasteiger partial charge >= 0.3 is 5.97 Å². The van der Waals surface area contributed by atoms with Gasteiger partial charge < -0.3 is 10.0 Å². The van der Waals surface area contributed by atoms with Gasteiger partial charge in [-0.05, 0) is 42.0 Å². The summed E-state index contributed by atoms with van der Waals surface area (Å²) in [6, 6.07) is 5.22. The molecular formula is C15H14FNO3S. The van der Waals surface area contributed by atoms with Gasteiger partial charge in [0.15, 0.2) is 0 Å². The molecule has 0 saturated carbocycles. The summed E-state index contributed by atoms with van der Waals surface area (Å²) in [6.07, 6.45) is 0.683. The Labute approximate surface area is 124 Å². The summed E-state index contributed by atoms with van der Waals surface area (Å²) in [5, 5.41) is 9.95. The number of carboxylic acids is 1. The molecule has 1 aliphatic rings. The zero-order valence-electron chi connectivity index (χ0n) is 11.4. The van der Waals surface area contributed by atoms with E-state index in [1.807, 2.05) is 6.92 Å². The highest BCUT2D eigenvalue weighted by molar-refractivity contribution is 7.20. The van der Waals surface area contributed by atoms with Crippen molar-refractivity contribution in [3.63, 3.8) is 0 Å². The lowest BCUT2D eigenvalue weighted by atomic mass is 10.0. The van der Waals surface area contributed by atoms with Crippen LogP contribution in [-0.4, -0.2) is 34.5 Å². The molecule has 1 aromatic heterocycles. The van der Waals surface area contributed by atoms with E-state index in [4.69, 9.17) is 0 Å². The monoisotopic (exact) mass is 307 g/mol. The first-order chi connectivity index (χ1) is 9.97. The Bertz CT molecular complexity index is 727. The number of rotatable bonds is 2. The van der Waals surface area contributed by atoms with Crippen LogP contribution < -0.4 is 0 Å². The fraction of sp³-hybridized carbons (Fsp3) is 0.333. The van der Waals surface area contributed by atoms with Crippen LogP contribution in [0.2, 0.25) is 0 Å². The maximum atomic E-state index is 13.2. The van der Waals surface area contributed by atoms with Crippen LogP contribution in [0.4, 0.5) is 4.39 Å². The van der Waals surface area contributed by atoms with E-state index in [9.17, 15) is 19.1 Å². The van der Waals surface area contributed by atoms with Crippen molar-refractivity contribution in [3.05, 3.63) is 35.0 Å². The predicted molar refractivity (Wildman–Crippen MR) is 78.0 cm³/mol. The number of aliphatic carboxylic acids is 1. The number of nitrogens with zero attached hydrogens (tertiary/aromatic N) is 1. The van der Waals surface area contributed by atoms with Crippen molar-refractivity contribution in [2.45, 2.75) is 19.4 Å². The highest BCUT2D eigenvalue weighted by Crippen LogP contribution is 2.31. The molecule has 1 aliphatic heterocycles. The largest absolute Gasteiger partial charge is 0.480 e. The van der Waals surface area contributed by atoms with E-state index in [2.05, 4.69) is 0 Å². The minimum absolute atomic E-state index is 0.0572. The van der Waals surface area contributed by atoms with Gasteiger partial charge in [0, 0.05) is 11.2 Å². The smallest absolute Gasteiger partial charge is 0.326 e. The Morgan fingerprint density at radius 3 is 2.86 bits per heavy atom. The number of amides is 1. The Hall–Kier alpha value is -1.95. The number of fused-ring (bicyclic) bond motifs is 1. The minimum Gasteiger partial charge on any atom is -0.480 e. The average molecular weight is 307 g/mol. The summed E-state index contributed by atoms with van der Waals surface area (Å²) in [5.41, 5.74) is 0. The van der Waals surface area contributed by atoms with E-state index in [1.54, 1.807) is 12.1 Å². The first kappa shape index (κ1) is 14.0. The number of hydrogen-bond acceptors (Lipinski definition) is 3. The van der Waals surface area contributed by atoms with Crippen molar-refractivity contribution in [2.75, 3.05) is 6.54 Å². The van der Waals surface area contributed by atoms with Gasteiger partial charge in [0.25, 0.3) is 5.91 Å². The molecule has 2 heterocycles. The topological polar surface area (TPSA) is 57.6 Å². The standard InChI is InChI=1S/C15H14FNO3S/c1-8-4-5-17(13(8)15(19)20)14(18)12-7-9-6-10(16)2-3-11(9)21-12/h2-3,6-8,13H,4-5H2,1H3,(H,19,20). The van der Waals surface area contributed by atoms with Gasteiger partial charge in [-0.2, -0.15) is 0 Å². The molecule has 0 aliphatic carbocycles. The molecule has 21 heavy (non-hydrogen) atoms.